The van der Waals surface area contributed by atoms with E-state index in [0.717, 1.165) is 23.7 Å². The summed E-state index contributed by atoms with van der Waals surface area (Å²) in [5, 5.41) is 10.6. The lowest BCUT2D eigenvalue weighted by Gasteiger charge is -2.54. The third kappa shape index (κ3) is 3.33. The van der Waals surface area contributed by atoms with Gasteiger partial charge in [0.1, 0.15) is 6.04 Å². The molecular formula is C19H29NO3S2. The monoisotopic (exact) mass is 383 g/mol. The molecule has 5 aliphatic rings. The molecule has 1 aliphatic heterocycles. The Balaban J connectivity index is 1.43. The molecule has 5 rings (SSSR count). The highest BCUT2D eigenvalue weighted by Crippen LogP contribution is 2.58. The van der Waals surface area contributed by atoms with Crippen molar-refractivity contribution in [2.24, 2.45) is 29.6 Å². The predicted molar refractivity (Wildman–Crippen MR) is 103 cm³/mol. The summed E-state index contributed by atoms with van der Waals surface area (Å²) in [4.78, 5) is 25.9. The number of carboxylic acid groups (broad SMARTS) is 1. The Hall–Kier alpha value is -0.360. The summed E-state index contributed by atoms with van der Waals surface area (Å²) >= 11 is 6.24. The molecule has 4 saturated carbocycles. The van der Waals surface area contributed by atoms with Crippen molar-refractivity contribution in [3.05, 3.63) is 0 Å². The van der Waals surface area contributed by atoms with E-state index in [0.29, 0.717) is 24.0 Å². The molecule has 6 heteroatoms. The van der Waals surface area contributed by atoms with E-state index in [1.165, 1.54) is 32.1 Å². The minimum Gasteiger partial charge on any atom is -0.480 e. The second-order valence-corrected chi connectivity index (χ2v) is 10.7. The van der Waals surface area contributed by atoms with Crippen molar-refractivity contribution < 1.29 is 14.7 Å². The highest BCUT2D eigenvalue weighted by Gasteiger charge is 2.50. The van der Waals surface area contributed by atoms with Gasteiger partial charge in [0.2, 0.25) is 5.91 Å². The quantitative estimate of drug-likeness (QED) is 0.716. The maximum atomic E-state index is 12.6. The summed E-state index contributed by atoms with van der Waals surface area (Å²) in [6.07, 6.45) is 7.61. The van der Waals surface area contributed by atoms with Crippen LogP contribution in [-0.2, 0) is 9.59 Å². The standard InChI is InChI=1S/C19H29NO3S2/c1-10(9-24)18(21)20-8-15(7-16(20)19(22)23)25-17-13-3-11-2-12(5-13)6-14(17)4-11/h10-17,24H,2-9H2,1H3,(H,22,23)/t10?,11?,12?,13?,14?,15?,16-,17?/m0/s1. The molecule has 5 fully saturated rings. The van der Waals surface area contributed by atoms with Crippen molar-refractivity contribution in [1.82, 2.24) is 4.90 Å². The molecule has 4 aliphatic carbocycles. The fraction of sp³-hybridized carbons (Fsp3) is 0.895. The topological polar surface area (TPSA) is 57.6 Å². The van der Waals surface area contributed by atoms with Crippen LogP contribution in [0.4, 0.5) is 0 Å². The van der Waals surface area contributed by atoms with E-state index in [2.05, 4.69) is 12.6 Å². The maximum absolute atomic E-state index is 12.6. The zero-order valence-electron chi connectivity index (χ0n) is 14.8. The van der Waals surface area contributed by atoms with Gasteiger partial charge in [-0.2, -0.15) is 24.4 Å². The molecule has 4 nitrogen and oxygen atoms in total. The number of carboxylic acids is 1. The van der Waals surface area contributed by atoms with Gasteiger partial charge in [0.15, 0.2) is 0 Å². The number of rotatable bonds is 5. The number of aliphatic carboxylic acids is 1. The lowest BCUT2D eigenvalue weighted by Crippen LogP contribution is -2.47. The van der Waals surface area contributed by atoms with Crippen LogP contribution in [0.2, 0.25) is 0 Å². The van der Waals surface area contributed by atoms with Crippen LogP contribution in [0.25, 0.3) is 0 Å². The Morgan fingerprint density at radius 3 is 2.24 bits per heavy atom. The zero-order chi connectivity index (χ0) is 17.7. The van der Waals surface area contributed by atoms with Crippen LogP contribution in [0, 0.1) is 29.6 Å². The van der Waals surface area contributed by atoms with Crippen molar-refractivity contribution in [2.45, 2.75) is 62.0 Å². The highest BCUT2D eigenvalue weighted by molar-refractivity contribution is 8.00. The summed E-state index contributed by atoms with van der Waals surface area (Å²) in [6.45, 7) is 2.44. The lowest BCUT2D eigenvalue weighted by atomic mass is 9.56. The Morgan fingerprint density at radius 1 is 1.12 bits per heavy atom. The first-order valence-corrected chi connectivity index (χ1v) is 11.3. The number of hydrogen-bond donors (Lipinski definition) is 2. The summed E-state index contributed by atoms with van der Waals surface area (Å²) in [5.41, 5.74) is 0. The van der Waals surface area contributed by atoms with E-state index in [9.17, 15) is 14.7 Å². The van der Waals surface area contributed by atoms with Gasteiger partial charge in [0.25, 0.3) is 0 Å². The molecule has 4 bridgehead atoms. The smallest absolute Gasteiger partial charge is 0.326 e. The minimum atomic E-state index is -0.854. The van der Waals surface area contributed by atoms with Crippen molar-refractivity contribution in [3.8, 4) is 0 Å². The van der Waals surface area contributed by atoms with Crippen molar-refractivity contribution in [3.63, 3.8) is 0 Å². The lowest BCUT2D eigenvalue weighted by molar-refractivity contribution is -0.149. The van der Waals surface area contributed by atoms with Crippen LogP contribution in [0.3, 0.4) is 0 Å². The molecule has 1 amide bonds. The van der Waals surface area contributed by atoms with Gasteiger partial charge in [-0.3, -0.25) is 4.79 Å². The van der Waals surface area contributed by atoms with Crippen LogP contribution >= 0.6 is 24.4 Å². The van der Waals surface area contributed by atoms with E-state index in [1.54, 1.807) is 4.90 Å². The second-order valence-electron chi connectivity index (χ2n) is 8.82. The number of likely N-dealkylation sites (tertiary alicyclic amines) is 1. The zero-order valence-corrected chi connectivity index (χ0v) is 16.6. The van der Waals surface area contributed by atoms with Crippen LogP contribution < -0.4 is 0 Å². The van der Waals surface area contributed by atoms with E-state index in [-0.39, 0.29) is 17.1 Å². The molecule has 140 valence electrons. The number of carbonyl (C=O) groups is 2. The van der Waals surface area contributed by atoms with E-state index < -0.39 is 12.0 Å². The average Bonchev–Trinajstić information content (AvgIpc) is 3.00. The number of thiol groups is 1. The molecule has 0 radical (unpaired) electrons. The molecule has 1 heterocycles. The number of amides is 1. The Morgan fingerprint density at radius 2 is 1.72 bits per heavy atom. The van der Waals surface area contributed by atoms with E-state index in [4.69, 9.17) is 0 Å². The Bertz CT molecular complexity index is 527. The van der Waals surface area contributed by atoms with Gasteiger partial charge in [-0.15, -0.1) is 0 Å². The SMILES string of the molecule is CC(CS)C(=O)N1CC(SC2C3CC4CC(C3)CC2C4)C[C@H]1C(=O)O. The second kappa shape index (κ2) is 6.99. The Kier molecular flexibility index (Phi) is 5.04. The molecule has 1 N–H and O–H groups in total. The molecule has 1 saturated heterocycles. The average molecular weight is 384 g/mol. The molecule has 0 aromatic rings. The van der Waals surface area contributed by atoms with Crippen LogP contribution in [-0.4, -0.2) is 50.7 Å². The van der Waals surface area contributed by atoms with Crippen molar-refractivity contribution >= 4 is 36.3 Å². The molecule has 3 atom stereocenters. The van der Waals surface area contributed by atoms with E-state index in [1.807, 2.05) is 18.7 Å². The van der Waals surface area contributed by atoms with Gasteiger partial charge in [-0.05, 0) is 62.2 Å². The van der Waals surface area contributed by atoms with Crippen molar-refractivity contribution in [2.75, 3.05) is 12.3 Å². The molecule has 0 aromatic carbocycles. The summed E-state index contributed by atoms with van der Waals surface area (Å²) in [7, 11) is 0. The first-order valence-electron chi connectivity index (χ1n) is 9.75. The largest absolute Gasteiger partial charge is 0.480 e. The van der Waals surface area contributed by atoms with Crippen LogP contribution in [0.5, 0.6) is 0 Å². The summed E-state index contributed by atoms with van der Waals surface area (Å²) < 4.78 is 0. The number of nitrogens with zero attached hydrogens (tertiary/aromatic N) is 1. The molecule has 0 aromatic heterocycles. The predicted octanol–water partition coefficient (Wildman–Crippen LogP) is 3.16. The summed E-state index contributed by atoms with van der Waals surface area (Å²) in [5.74, 6) is 2.96. The van der Waals surface area contributed by atoms with Crippen LogP contribution in [0.1, 0.15) is 45.4 Å². The number of carbonyl (C=O) groups excluding carboxylic acids is 1. The maximum Gasteiger partial charge on any atom is 0.326 e. The third-order valence-corrected chi connectivity index (χ3v) is 9.37. The fourth-order valence-electron chi connectivity index (χ4n) is 6.05. The van der Waals surface area contributed by atoms with Gasteiger partial charge in [-0.25, -0.2) is 4.79 Å². The van der Waals surface area contributed by atoms with Crippen molar-refractivity contribution in [1.29, 1.82) is 0 Å². The van der Waals surface area contributed by atoms with Gasteiger partial charge in [0.05, 0.1) is 0 Å². The van der Waals surface area contributed by atoms with Gasteiger partial charge in [-0.1, -0.05) is 6.92 Å². The van der Waals surface area contributed by atoms with Gasteiger partial charge in [0, 0.05) is 28.7 Å². The molecule has 25 heavy (non-hydrogen) atoms. The van der Waals surface area contributed by atoms with Gasteiger partial charge >= 0.3 is 5.97 Å². The summed E-state index contributed by atoms with van der Waals surface area (Å²) in [6, 6.07) is -0.649. The fourth-order valence-corrected chi connectivity index (χ4v) is 8.08. The highest BCUT2D eigenvalue weighted by atomic mass is 32.2. The molecule has 2 unspecified atom stereocenters. The first-order chi connectivity index (χ1) is 12.0. The number of hydrogen-bond acceptors (Lipinski definition) is 4. The normalized spacial score (nSPS) is 43.4. The first kappa shape index (κ1) is 18.0. The third-order valence-electron chi connectivity index (χ3n) is 7.02. The number of thioether (sulfide) groups is 1. The van der Waals surface area contributed by atoms with Gasteiger partial charge < -0.3 is 10.0 Å². The minimum absolute atomic E-state index is 0.0458. The van der Waals surface area contributed by atoms with E-state index >= 15 is 0 Å². The molecular weight excluding hydrogens is 354 g/mol. The van der Waals surface area contributed by atoms with Crippen LogP contribution in [0.15, 0.2) is 0 Å². The Labute approximate surface area is 159 Å². The molecule has 0 spiro atoms.